The van der Waals surface area contributed by atoms with Crippen LogP contribution in [-0.2, 0) is 0 Å². The summed E-state index contributed by atoms with van der Waals surface area (Å²) in [6.45, 7) is 0. The second-order valence-corrected chi connectivity index (χ2v) is 6.25. The van der Waals surface area contributed by atoms with Gasteiger partial charge in [0.05, 0.1) is 5.69 Å². The lowest BCUT2D eigenvalue weighted by atomic mass is 9.95. The first-order valence-corrected chi connectivity index (χ1v) is 7.94. The van der Waals surface area contributed by atoms with E-state index in [1.165, 1.54) is 25.7 Å². The van der Waals surface area contributed by atoms with E-state index >= 15 is 0 Å². The fourth-order valence-corrected chi connectivity index (χ4v) is 4.00. The molecule has 106 valence electrons. The highest BCUT2D eigenvalue weighted by atomic mass is 32.2. The number of nitrogens with one attached hydrogen (secondary N) is 1. The molecule has 1 fully saturated rings. The summed E-state index contributed by atoms with van der Waals surface area (Å²) in [6, 6.07) is 10.6. The Morgan fingerprint density at radius 1 is 1.20 bits per heavy atom. The molecule has 0 aliphatic heterocycles. The predicted molar refractivity (Wildman–Crippen MR) is 80.1 cm³/mol. The molecule has 1 N–H and O–H groups in total. The van der Waals surface area contributed by atoms with E-state index in [2.05, 4.69) is 20.8 Å². The van der Waals surface area contributed by atoms with Gasteiger partial charge >= 0.3 is 0 Å². The van der Waals surface area contributed by atoms with Crippen LogP contribution in [0.3, 0.4) is 0 Å². The highest BCUT2D eigenvalue weighted by Gasteiger charge is 2.26. The van der Waals surface area contributed by atoms with Crippen LogP contribution < -0.4 is 5.32 Å². The van der Waals surface area contributed by atoms with E-state index in [4.69, 9.17) is 0 Å². The number of hydrogen-bond donors (Lipinski definition) is 1. The maximum absolute atomic E-state index is 4.19. The largest absolute Gasteiger partial charge is 0.316 e. The average Bonchev–Trinajstić information content (AvgIpc) is 2.97. The number of aromatic nitrogens is 4. The zero-order valence-corrected chi connectivity index (χ0v) is 12.4. The fourth-order valence-electron chi connectivity index (χ4n) is 2.69. The molecule has 0 bridgehead atoms. The molecule has 6 heteroatoms. The number of para-hydroxylation sites is 1. The summed E-state index contributed by atoms with van der Waals surface area (Å²) in [5.41, 5.74) is 1.01. The Labute approximate surface area is 123 Å². The molecule has 1 aliphatic carbocycles. The van der Waals surface area contributed by atoms with E-state index < -0.39 is 0 Å². The molecule has 20 heavy (non-hydrogen) atoms. The van der Waals surface area contributed by atoms with Crippen LogP contribution in [0.1, 0.15) is 25.7 Å². The molecule has 3 rings (SSSR count). The van der Waals surface area contributed by atoms with Gasteiger partial charge < -0.3 is 5.32 Å². The monoisotopic (exact) mass is 289 g/mol. The number of benzene rings is 1. The zero-order valence-electron chi connectivity index (χ0n) is 11.6. The van der Waals surface area contributed by atoms with Crippen molar-refractivity contribution in [3.05, 3.63) is 30.3 Å². The first-order valence-electron chi connectivity index (χ1n) is 7.06. The highest BCUT2D eigenvalue weighted by Crippen LogP contribution is 2.33. The van der Waals surface area contributed by atoms with Gasteiger partial charge in [0.2, 0.25) is 5.16 Å². The van der Waals surface area contributed by atoms with Gasteiger partial charge in [-0.25, -0.2) is 0 Å². The molecule has 0 saturated heterocycles. The SMILES string of the molecule is CNC1CCCCC1Sc1nnnn1-c1ccccc1. The molecular weight excluding hydrogens is 270 g/mol. The Morgan fingerprint density at radius 3 is 2.80 bits per heavy atom. The Hall–Kier alpha value is -1.40. The Balaban J connectivity index is 1.80. The number of rotatable bonds is 4. The minimum atomic E-state index is 0.544. The van der Waals surface area contributed by atoms with Crippen LogP contribution in [0, 0.1) is 0 Å². The molecule has 1 aliphatic rings. The molecule has 2 unspecified atom stereocenters. The predicted octanol–water partition coefficient (Wildman–Crippen LogP) is 2.29. The van der Waals surface area contributed by atoms with Crippen molar-refractivity contribution >= 4 is 11.8 Å². The van der Waals surface area contributed by atoms with E-state index in [-0.39, 0.29) is 0 Å². The fraction of sp³-hybridized carbons (Fsp3) is 0.500. The summed E-state index contributed by atoms with van der Waals surface area (Å²) in [4.78, 5) is 0. The van der Waals surface area contributed by atoms with Crippen molar-refractivity contribution in [2.24, 2.45) is 0 Å². The van der Waals surface area contributed by atoms with E-state index in [0.29, 0.717) is 11.3 Å². The topological polar surface area (TPSA) is 55.6 Å². The van der Waals surface area contributed by atoms with Gasteiger partial charge in [0, 0.05) is 11.3 Å². The highest BCUT2D eigenvalue weighted by molar-refractivity contribution is 7.99. The van der Waals surface area contributed by atoms with Crippen molar-refractivity contribution < 1.29 is 0 Å². The van der Waals surface area contributed by atoms with Crippen molar-refractivity contribution in [2.45, 2.75) is 42.1 Å². The average molecular weight is 289 g/mol. The van der Waals surface area contributed by atoms with Crippen LogP contribution in [0.5, 0.6) is 0 Å². The first kappa shape index (κ1) is 13.6. The molecule has 2 atom stereocenters. The third kappa shape index (κ3) is 2.86. The molecule has 2 aromatic rings. The zero-order chi connectivity index (χ0) is 13.8. The molecule has 1 aromatic carbocycles. The smallest absolute Gasteiger partial charge is 0.214 e. The second-order valence-electron chi connectivity index (χ2n) is 5.04. The molecule has 1 heterocycles. The van der Waals surface area contributed by atoms with Crippen LogP contribution in [0.15, 0.2) is 35.5 Å². The van der Waals surface area contributed by atoms with Crippen LogP contribution in [0.4, 0.5) is 0 Å². The number of thioether (sulfide) groups is 1. The summed E-state index contributed by atoms with van der Waals surface area (Å²) in [5, 5.41) is 17.0. The maximum atomic E-state index is 4.19. The summed E-state index contributed by atoms with van der Waals surface area (Å²) in [6.07, 6.45) is 5.06. The van der Waals surface area contributed by atoms with E-state index in [1.807, 2.05) is 42.1 Å². The molecule has 1 aromatic heterocycles. The van der Waals surface area contributed by atoms with Gasteiger partial charge in [0.1, 0.15) is 0 Å². The molecule has 1 saturated carbocycles. The summed E-state index contributed by atoms with van der Waals surface area (Å²) < 4.78 is 1.83. The lowest BCUT2D eigenvalue weighted by Crippen LogP contribution is -2.38. The summed E-state index contributed by atoms with van der Waals surface area (Å²) in [5.74, 6) is 0. The minimum absolute atomic E-state index is 0.544. The Kier molecular flexibility index (Phi) is 4.32. The van der Waals surface area contributed by atoms with Crippen molar-refractivity contribution in [3.63, 3.8) is 0 Å². The van der Waals surface area contributed by atoms with Crippen molar-refractivity contribution in [1.82, 2.24) is 25.5 Å². The van der Waals surface area contributed by atoms with Gasteiger partial charge in [-0.1, -0.05) is 42.8 Å². The third-order valence-corrected chi connectivity index (χ3v) is 5.10. The van der Waals surface area contributed by atoms with E-state index in [9.17, 15) is 0 Å². The molecule has 0 spiro atoms. The van der Waals surface area contributed by atoms with E-state index in [1.54, 1.807) is 11.8 Å². The van der Waals surface area contributed by atoms with Gasteiger partial charge in [0.15, 0.2) is 0 Å². The quantitative estimate of drug-likeness (QED) is 0.936. The Morgan fingerprint density at radius 2 is 2.00 bits per heavy atom. The third-order valence-electron chi connectivity index (χ3n) is 3.77. The van der Waals surface area contributed by atoms with Gasteiger partial charge in [-0.2, -0.15) is 4.68 Å². The normalized spacial score (nSPS) is 22.9. The molecule has 0 amide bonds. The van der Waals surface area contributed by atoms with Crippen LogP contribution >= 0.6 is 11.8 Å². The van der Waals surface area contributed by atoms with Crippen molar-refractivity contribution in [2.75, 3.05) is 7.05 Å². The summed E-state index contributed by atoms with van der Waals surface area (Å²) >= 11 is 1.79. The van der Waals surface area contributed by atoms with E-state index in [0.717, 1.165) is 10.8 Å². The van der Waals surface area contributed by atoms with Gasteiger partial charge in [-0.05, 0) is 42.4 Å². The van der Waals surface area contributed by atoms with Gasteiger partial charge in [0.25, 0.3) is 0 Å². The van der Waals surface area contributed by atoms with Gasteiger partial charge in [-0.3, -0.25) is 0 Å². The standard InChI is InChI=1S/C14H19N5S/c1-15-12-9-5-6-10-13(12)20-14-16-17-18-19(14)11-7-3-2-4-8-11/h2-4,7-8,12-13,15H,5-6,9-10H2,1H3. The van der Waals surface area contributed by atoms with Crippen LogP contribution in [0.25, 0.3) is 5.69 Å². The number of nitrogens with zero attached hydrogens (tertiary/aromatic N) is 4. The maximum Gasteiger partial charge on any atom is 0.214 e. The summed E-state index contributed by atoms with van der Waals surface area (Å²) in [7, 11) is 2.05. The van der Waals surface area contributed by atoms with Crippen molar-refractivity contribution in [1.29, 1.82) is 0 Å². The minimum Gasteiger partial charge on any atom is -0.316 e. The van der Waals surface area contributed by atoms with Crippen LogP contribution in [-0.4, -0.2) is 38.5 Å². The molecule has 5 nitrogen and oxygen atoms in total. The lowest BCUT2D eigenvalue weighted by molar-refractivity contribution is 0.405. The number of hydrogen-bond acceptors (Lipinski definition) is 5. The molecular formula is C14H19N5S. The first-order chi connectivity index (χ1) is 9.88. The Bertz CT molecular complexity index is 542. The number of tetrazole rings is 1. The van der Waals surface area contributed by atoms with Gasteiger partial charge in [-0.15, -0.1) is 5.10 Å². The van der Waals surface area contributed by atoms with Crippen LogP contribution in [0.2, 0.25) is 0 Å². The second kappa shape index (κ2) is 6.37. The lowest BCUT2D eigenvalue weighted by Gasteiger charge is -2.30. The van der Waals surface area contributed by atoms with Crippen molar-refractivity contribution in [3.8, 4) is 5.69 Å². The molecule has 0 radical (unpaired) electrons.